The summed E-state index contributed by atoms with van der Waals surface area (Å²) in [7, 11) is -3.24. The Morgan fingerprint density at radius 1 is 0.778 bits per heavy atom. The molecule has 0 N–H and O–H groups in total. The van der Waals surface area contributed by atoms with E-state index in [0.29, 0.717) is 4.90 Å². The van der Waals surface area contributed by atoms with Gasteiger partial charge in [-0.1, -0.05) is 36.4 Å². The van der Waals surface area contributed by atoms with Crippen LogP contribution in [0, 0.1) is 6.92 Å². The third-order valence-corrected chi connectivity index (χ3v) is 5.86. The van der Waals surface area contributed by atoms with Gasteiger partial charge in [-0.25, -0.2) is 8.42 Å². The summed E-state index contributed by atoms with van der Waals surface area (Å²) in [5.41, 5.74) is 6.20. The van der Waals surface area contributed by atoms with Crippen LogP contribution in [0.5, 0.6) is 0 Å². The Morgan fingerprint density at radius 2 is 1.56 bits per heavy atom. The summed E-state index contributed by atoms with van der Waals surface area (Å²) in [5, 5.41) is 1.09. The van der Waals surface area contributed by atoms with Gasteiger partial charge in [-0.2, -0.15) is 0 Å². The molecule has 0 spiro atoms. The van der Waals surface area contributed by atoms with E-state index in [2.05, 4.69) is 41.4 Å². The number of fused-ring (bicyclic) bond motifs is 1. The number of hydrogen-bond donors (Lipinski definition) is 0. The predicted octanol–water partition coefficient (Wildman–Crippen LogP) is 5.28. The fourth-order valence-electron chi connectivity index (χ4n) is 3.26. The van der Waals surface area contributed by atoms with Crippen LogP contribution in [-0.4, -0.2) is 19.7 Å². The van der Waals surface area contributed by atoms with Crippen molar-refractivity contribution in [3.8, 4) is 22.3 Å². The van der Waals surface area contributed by atoms with Gasteiger partial charge in [-0.15, -0.1) is 0 Å². The van der Waals surface area contributed by atoms with Gasteiger partial charge in [-0.3, -0.25) is 4.98 Å². The molecule has 0 saturated carbocycles. The molecule has 1 aromatic heterocycles. The smallest absolute Gasteiger partial charge is 0.175 e. The van der Waals surface area contributed by atoms with Crippen molar-refractivity contribution in [2.75, 3.05) is 6.26 Å². The molecule has 0 atom stereocenters. The van der Waals surface area contributed by atoms with Gasteiger partial charge < -0.3 is 0 Å². The van der Waals surface area contributed by atoms with Crippen LogP contribution in [0.4, 0.5) is 0 Å². The monoisotopic (exact) mass is 373 g/mol. The standard InChI is InChI=1S/C23H19NO2S/c1-16-8-9-18(17-10-11-23-20(13-17)6-4-12-24-23)15-22(16)19-5-3-7-21(14-19)27(2,25)26/h3-15H,1-2H3. The van der Waals surface area contributed by atoms with E-state index in [0.717, 1.165) is 38.7 Å². The molecule has 0 unspecified atom stereocenters. The van der Waals surface area contributed by atoms with E-state index in [1.807, 2.05) is 25.1 Å². The molecule has 0 amide bonds. The van der Waals surface area contributed by atoms with Gasteiger partial charge in [0.2, 0.25) is 0 Å². The molecule has 4 aromatic rings. The van der Waals surface area contributed by atoms with Crippen molar-refractivity contribution in [2.45, 2.75) is 11.8 Å². The summed E-state index contributed by atoms with van der Waals surface area (Å²) in [4.78, 5) is 4.71. The quantitative estimate of drug-likeness (QED) is 0.491. The number of pyridine rings is 1. The number of benzene rings is 3. The molecule has 4 rings (SSSR count). The van der Waals surface area contributed by atoms with E-state index in [9.17, 15) is 8.42 Å². The van der Waals surface area contributed by atoms with Crippen LogP contribution in [0.25, 0.3) is 33.2 Å². The van der Waals surface area contributed by atoms with Crippen molar-refractivity contribution >= 4 is 20.7 Å². The number of hydrogen-bond acceptors (Lipinski definition) is 3. The van der Waals surface area contributed by atoms with Crippen molar-refractivity contribution < 1.29 is 8.42 Å². The lowest BCUT2D eigenvalue weighted by Crippen LogP contribution is -1.97. The number of sulfone groups is 1. The first kappa shape index (κ1) is 17.4. The molecule has 134 valence electrons. The highest BCUT2D eigenvalue weighted by Gasteiger charge is 2.11. The maximum atomic E-state index is 11.9. The van der Waals surface area contributed by atoms with Gasteiger partial charge in [-0.05, 0) is 71.1 Å². The van der Waals surface area contributed by atoms with Gasteiger partial charge in [0.05, 0.1) is 10.4 Å². The van der Waals surface area contributed by atoms with Crippen LogP contribution < -0.4 is 0 Å². The molecule has 27 heavy (non-hydrogen) atoms. The zero-order chi connectivity index (χ0) is 19.0. The molecule has 0 fully saturated rings. The summed E-state index contributed by atoms with van der Waals surface area (Å²) >= 11 is 0. The SMILES string of the molecule is Cc1ccc(-c2ccc3ncccc3c2)cc1-c1cccc(S(C)(=O)=O)c1. The third-order valence-electron chi connectivity index (χ3n) is 4.75. The highest BCUT2D eigenvalue weighted by atomic mass is 32.2. The first-order valence-corrected chi connectivity index (χ1v) is 10.6. The molecule has 0 bridgehead atoms. The van der Waals surface area contributed by atoms with Gasteiger partial charge >= 0.3 is 0 Å². The normalized spacial score (nSPS) is 11.6. The van der Waals surface area contributed by atoms with Crippen molar-refractivity contribution in [1.82, 2.24) is 4.98 Å². The molecule has 0 aliphatic heterocycles. The van der Waals surface area contributed by atoms with E-state index in [4.69, 9.17) is 0 Å². The summed E-state index contributed by atoms with van der Waals surface area (Å²) < 4.78 is 23.8. The minimum atomic E-state index is -3.24. The van der Waals surface area contributed by atoms with Gasteiger partial charge in [0.15, 0.2) is 9.84 Å². The fourth-order valence-corrected chi connectivity index (χ4v) is 3.93. The molecule has 0 aliphatic carbocycles. The van der Waals surface area contributed by atoms with E-state index in [1.165, 1.54) is 6.26 Å². The van der Waals surface area contributed by atoms with Gasteiger partial charge in [0.1, 0.15) is 0 Å². The Hall–Kier alpha value is -2.98. The second kappa shape index (κ2) is 6.63. The van der Waals surface area contributed by atoms with Crippen molar-refractivity contribution in [2.24, 2.45) is 0 Å². The zero-order valence-electron chi connectivity index (χ0n) is 15.2. The zero-order valence-corrected chi connectivity index (χ0v) is 16.0. The lowest BCUT2D eigenvalue weighted by atomic mass is 9.95. The van der Waals surface area contributed by atoms with Crippen LogP contribution in [0.2, 0.25) is 0 Å². The predicted molar refractivity (Wildman–Crippen MR) is 110 cm³/mol. The fraction of sp³-hybridized carbons (Fsp3) is 0.0870. The van der Waals surface area contributed by atoms with Crippen molar-refractivity contribution in [3.05, 3.63) is 84.6 Å². The second-order valence-electron chi connectivity index (χ2n) is 6.74. The van der Waals surface area contributed by atoms with Crippen LogP contribution >= 0.6 is 0 Å². The minimum Gasteiger partial charge on any atom is -0.256 e. The molecule has 0 saturated heterocycles. The number of aryl methyl sites for hydroxylation is 1. The average Bonchev–Trinajstić information content (AvgIpc) is 2.67. The topological polar surface area (TPSA) is 47.0 Å². The number of aromatic nitrogens is 1. The number of nitrogens with zero attached hydrogens (tertiary/aromatic N) is 1. The molecular weight excluding hydrogens is 354 g/mol. The highest BCUT2D eigenvalue weighted by molar-refractivity contribution is 7.90. The maximum absolute atomic E-state index is 11.9. The molecule has 4 heteroatoms. The summed E-state index contributed by atoms with van der Waals surface area (Å²) in [6, 6.07) is 23.6. The molecule has 3 nitrogen and oxygen atoms in total. The Balaban J connectivity index is 1.84. The molecular formula is C23H19NO2S. The third kappa shape index (κ3) is 3.49. The molecule has 3 aromatic carbocycles. The van der Waals surface area contributed by atoms with E-state index >= 15 is 0 Å². The lowest BCUT2D eigenvalue weighted by Gasteiger charge is -2.11. The van der Waals surface area contributed by atoms with Crippen LogP contribution in [0.15, 0.2) is 83.9 Å². The Bertz CT molecular complexity index is 1260. The van der Waals surface area contributed by atoms with Crippen LogP contribution in [0.1, 0.15) is 5.56 Å². The summed E-state index contributed by atoms with van der Waals surface area (Å²) in [5.74, 6) is 0. The van der Waals surface area contributed by atoms with Crippen molar-refractivity contribution in [3.63, 3.8) is 0 Å². The first-order chi connectivity index (χ1) is 12.9. The Labute approximate surface area is 159 Å². The summed E-state index contributed by atoms with van der Waals surface area (Å²) in [6.45, 7) is 2.04. The number of rotatable bonds is 3. The van der Waals surface area contributed by atoms with Crippen molar-refractivity contribution in [1.29, 1.82) is 0 Å². The lowest BCUT2D eigenvalue weighted by molar-refractivity contribution is 0.602. The average molecular weight is 373 g/mol. The minimum absolute atomic E-state index is 0.335. The molecule has 0 radical (unpaired) electrons. The summed E-state index contributed by atoms with van der Waals surface area (Å²) in [6.07, 6.45) is 3.03. The Morgan fingerprint density at radius 3 is 2.37 bits per heavy atom. The molecule has 0 aliphatic rings. The molecule has 1 heterocycles. The Kier molecular flexibility index (Phi) is 4.28. The first-order valence-electron chi connectivity index (χ1n) is 8.68. The van der Waals surface area contributed by atoms with E-state index in [-0.39, 0.29) is 0 Å². The van der Waals surface area contributed by atoms with Crippen LogP contribution in [-0.2, 0) is 9.84 Å². The maximum Gasteiger partial charge on any atom is 0.175 e. The highest BCUT2D eigenvalue weighted by Crippen LogP contribution is 2.31. The largest absolute Gasteiger partial charge is 0.256 e. The van der Waals surface area contributed by atoms with E-state index < -0.39 is 9.84 Å². The van der Waals surface area contributed by atoms with Gasteiger partial charge in [0, 0.05) is 17.8 Å². The van der Waals surface area contributed by atoms with Crippen LogP contribution in [0.3, 0.4) is 0 Å². The van der Waals surface area contributed by atoms with E-state index in [1.54, 1.807) is 24.4 Å². The van der Waals surface area contributed by atoms with Gasteiger partial charge in [0.25, 0.3) is 0 Å². The second-order valence-corrected chi connectivity index (χ2v) is 8.76.